The van der Waals surface area contributed by atoms with Crippen molar-refractivity contribution in [3.05, 3.63) is 0 Å². The minimum atomic E-state index is -0.731. The zero-order valence-corrected chi connectivity index (χ0v) is 13.1. The zero-order valence-electron chi connectivity index (χ0n) is 12.2. The van der Waals surface area contributed by atoms with Crippen molar-refractivity contribution in [2.45, 2.75) is 44.4 Å². The van der Waals surface area contributed by atoms with Gasteiger partial charge < -0.3 is 14.9 Å². The largest absolute Gasteiger partial charge is 0.481 e. The molecule has 20 heavy (non-hydrogen) atoms. The van der Waals surface area contributed by atoms with Crippen LogP contribution < -0.4 is 0 Å². The van der Waals surface area contributed by atoms with Gasteiger partial charge in [-0.15, -0.1) is 0 Å². The van der Waals surface area contributed by atoms with Gasteiger partial charge in [0.1, 0.15) is 0 Å². The van der Waals surface area contributed by atoms with Gasteiger partial charge in [0.15, 0.2) is 0 Å². The summed E-state index contributed by atoms with van der Waals surface area (Å²) in [5.41, 5.74) is 0. The molecule has 5 nitrogen and oxygen atoms in total. The van der Waals surface area contributed by atoms with Gasteiger partial charge in [-0.1, -0.05) is 6.92 Å². The lowest BCUT2D eigenvalue weighted by Crippen LogP contribution is -2.54. The first kappa shape index (κ1) is 15.5. The number of nitrogens with zero attached hydrogens (tertiary/aromatic N) is 2. The number of likely N-dealkylation sites (tertiary alicyclic amines) is 1. The van der Waals surface area contributed by atoms with Crippen LogP contribution in [0.15, 0.2) is 0 Å². The fourth-order valence-corrected chi connectivity index (χ4v) is 4.06. The monoisotopic (exact) mass is 300 g/mol. The van der Waals surface area contributed by atoms with Gasteiger partial charge >= 0.3 is 12.0 Å². The molecule has 1 N–H and O–H groups in total. The second kappa shape index (κ2) is 6.70. The van der Waals surface area contributed by atoms with E-state index in [2.05, 4.69) is 13.8 Å². The Hall–Kier alpha value is -0.910. The quantitative estimate of drug-likeness (QED) is 0.848. The summed E-state index contributed by atoms with van der Waals surface area (Å²) in [5, 5.41) is 9.30. The summed E-state index contributed by atoms with van der Waals surface area (Å²) >= 11 is 1.92. The summed E-state index contributed by atoms with van der Waals surface area (Å²) in [7, 11) is 0. The number of amides is 2. The molecule has 0 saturated carbocycles. The van der Waals surface area contributed by atoms with Crippen molar-refractivity contribution in [1.82, 2.24) is 9.80 Å². The predicted octanol–water partition coefficient (Wildman–Crippen LogP) is 2.12. The molecular formula is C14H24N2O3S. The Bertz CT molecular complexity index is 369. The van der Waals surface area contributed by atoms with E-state index in [1.54, 1.807) is 0 Å². The summed E-state index contributed by atoms with van der Waals surface area (Å²) in [6.07, 6.45) is 1.85. The van der Waals surface area contributed by atoms with E-state index < -0.39 is 5.97 Å². The highest BCUT2D eigenvalue weighted by atomic mass is 32.2. The Morgan fingerprint density at radius 2 is 1.85 bits per heavy atom. The van der Waals surface area contributed by atoms with E-state index in [1.807, 2.05) is 21.6 Å². The molecule has 2 amide bonds. The van der Waals surface area contributed by atoms with E-state index in [0.717, 1.165) is 25.1 Å². The molecule has 2 saturated heterocycles. The molecule has 0 aromatic heterocycles. The molecule has 2 unspecified atom stereocenters. The number of aliphatic carboxylic acids is 1. The third-order valence-electron chi connectivity index (χ3n) is 4.48. The molecule has 6 heteroatoms. The number of urea groups is 1. The number of hydrogen-bond acceptors (Lipinski definition) is 3. The summed E-state index contributed by atoms with van der Waals surface area (Å²) in [6.45, 7) is 6.51. The van der Waals surface area contributed by atoms with Gasteiger partial charge in [-0.2, -0.15) is 11.8 Å². The van der Waals surface area contributed by atoms with E-state index in [-0.39, 0.29) is 24.4 Å². The molecule has 2 rings (SSSR count). The minimum absolute atomic E-state index is 0.137. The smallest absolute Gasteiger partial charge is 0.320 e. The van der Waals surface area contributed by atoms with E-state index >= 15 is 0 Å². The molecule has 0 aromatic rings. The van der Waals surface area contributed by atoms with Gasteiger partial charge in [-0.25, -0.2) is 4.79 Å². The van der Waals surface area contributed by atoms with E-state index in [9.17, 15) is 9.59 Å². The van der Waals surface area contributed by atoms with Crippen LogP contribution in [-0.4, -0.2) is 63.6 Å². The third-order valence-corrected chi connectivity index (χ3v) is 5.82. The molecule has 0 aromatic carbocycles. The van der Waals surface area contributed by atoms with Gasteiger partial charge in [0, 0.05) is 43.1 Å². The lowest BCUT2D eigenvalue weighted by Gasteiger charge is -2.42. The van der Waals surface area contributed by atoms with E-state index in [0.29, 0.717) is 18.3 Å². The second-order valence-corrected chi connectivity index (χ2v) is 7.31. The van der Waals surface area contributed by atoms with Crippen LogP contribution in [0.1, 0.15) is 33.1 Å². The number of rotatable bonds is 2. The molecule has 0 bridgehead atoms. The van der Waals surface area contributed by atoms with Crippen molar-refractivity contribution in [3.8, 4) is 0 Å². The highest BCUT2D eigenvalue weighted by Gasteiger charge is 2.33. The normalized spacial score (nSPS) is 28.5. The summed E-state index contributed by atoms with van der Waals surface area (Å²) in [6, 6.07) is 0.413. The van der Waals surface area contributed by atoms with Crippen LogP contribution in [0.2, 0.25) is 0 Å². The van der Waals surface area contributed by atoms with Crippen molar-refractivity contribution >= 4 is 23.8 Å². The second-order valence-electron chi connectivity index (χ2n) is 5.82. The first-order valence-corrected chi connectivity index (χ1v) is 8.43. The van der Waals surface area contributed by atoms with Crippen LogP contribution in [0.5, 0.6) is 0 Å². The molecule has 2 atom stereocenters. The number of carbonyl (C=O) groups excluding carboxylic acids is 1. The van der Waals surface area contributed by atoms with Crippen LogP contribution >= 0.6 is 11.8 Å². The van der Waals surface area contributed by atoms with Gasteiger partial charge in [-0.05, 0) is 25.7 Å². The van der Waals surface area contributed by atoms with Crippen molar-refractivity contribution in [3.63, 3.8) is 0 Å². The van der Waals surface area contributed by atoms with Gasteiger partial charge in [0.2, 0.25) is 0 Å². The summed E-state index contributed by atoms with van der Waals surface area (Å²) in [4.78, 5) is 27.2. The van der Waals surface area contributed by atoms with E-state index in [4.69, 9.17) is 5.11 Å². The fraction of sp³-hybridized carbons (Fsp3) is 0.857. The topological polar surface area (TPSA) is 60.9 Å². The highest BCUT2D eigenvalue weighted by molar-refractivity contribution is 8.00. The molecule has 2 aliphatic rings. The molecule has 2 aliphatic heterocycles. The molecule has 2 heterocycles. The third kappa shape index (κ3) is 3.59. The molecule has 0 aliphatic carbocycles. The molecular weight excluding hydrogens is 276 g/mol. The lowest BCUT2D eigenvalue weighted by atomic mass is 9.94. The van der Waals surface area contributed by atoms with Crippen molar-refractivity contribution in [2.24, 2.45) is 5.92 Å². The van der Waals surface area contributed by atoms with Crippen LogP contribution in [0, 0.1) is 5.92 Å². The van der Waals surface area contributed by atoms with Crippen LogP contribution in [-0.2, 0) is 4.79 Å². The van der Waals surface area contributed by atoms with Gasteiger partial charge in [-0.3, -0.25) is 4.79 Å². The number of piperidine rings is 1. The van der Waals surface area contributed by atoms with Crippen molar-refractivity contribution in [2.75, 3.05) is 25.4 Å². The Morgan fingerprint density at radius 3 is 2.45 bits per heavy atom. The first-order chi connectivity index (χ1) is 9.49. The highest BCUT2D eigenvalue weighted by Crippen LogP contribution is 2.27. The number of thioether (sulfide) groups is 1. The summed E-state index contributed by atoms with van der Waals surface area (Å²) in [5.74, 6) is 0.502. The Balaban J connectivity index is 1.86. The molecule has 114 valence electrons. The fourth-order valence-electron chi connectivity index (χ4n) is 2.96. The molecule has 0 spiro atoms. The first-order valence-electron chi connectivity index (χ1n) is 7.38. The minimum Gasteiger partial charge on any atom is -0.481 e. The number of hydrogen-bond donors (Lipinski definition) is 1. The van der Waals surface area contributed by atoms with Crippen molar-refractivity contribution < 1.29 is 14.7 Å². The Morgan fingerprint density at radius 1 is 1.20 bits per heavy atom. The average molecular weight is 300 g/mol. The molecule has 0 radical (unpaired) electrons. The average Bonchev–Trinajstić information content (AvgIpc) is 2.41. The van der Waals surface area contributed by atoms with E-state index in [1.165, 1.54) is 0 Å². The standard InChI is InChI=1S/C14H24N2O3S/c1-10-11(2)20-8-7-16(10)14(19)15-5-3-12(4-6-15)9-13(17)18/h10-12H,3-9H2,1-2H3,(H,17,18). The van der Waals surface area contributed by atoms with Crippen LogP contribution in [0.4, 0.5) is 4.79 Å². The number of carbonyl (C=O) groups is 2. The Labute approximate surface area is 124 Å². The van der Waals surface area contributed by atoms with Gasteiger partial charge in [0.25, 0.3) is 0 Å². The maximum Gasteiger partial charge on any atom is 0.320 e. The lowest BCUT2D eigenvalue weighted by molar-refractivity contribution is -0.138. The zero-order chi connectivity index (χ0) is 14.7. The SMILES string of the molecule is CC1SCCN(C(=O)N2CCC(CC(=O)O)CC2)C1C. The van der Waals surface area contributed by atoms with Crippen molar-refractivity contribution in [1.29, 1.82) is 0 Å². The van der Waals surface area contributed by atoms with Crippen LogP contribution in [0.25, 0.3) is 0 Å². The molecule has 2 fully saturated rings. The maximum atomic E-state index is 12.6. The number of carboxylic acid groups (broad SMARTS) is 1. The van der Waals surface area contributed by atoms with Gasteiger partial charge in [0.05, 0.1) is 0 Å². The predicted molar refractivity (Wildman–Crippen MR) is 80.0 cm³/mol. The van der Waals surface area contributed by atoms with Crippen LogP contribution in [0.3, 0.4) is 0 Å². The number of carboxylic acids is 1. The Kier molecular flexibility index (Phi) is 5.18. The summed E-state index contributed by atoms with van der Waals surface area (Å²) < 4.78 is 0. The maximum absolute atomic E-state index is 12.6.